The lowest BCUT2D eigenvalue weighted by Crippen LogP contribution is -2.44. The highest BCUT2D eigenvalue weighted by Crippen LogP contribution is 2.10. The van der Waals surface area contributed by atoms with E-state index in [0.29, 0.717) is 13.1 Å². The lowest BCUT2D eigenvalue weighted by molar-refractivity contribution is 0.200. The second kappa shape index (κ2) is 8.33. The van der Waals surface area contributed by atoms with Crippen molar-refractivity contribution in [2.45, 2.75) is 33.0 Å². The molecule has 0 fully saturated rings. The van der Waals surface area contributed by atoms with Crippen LogP contribution >= 0.6 is 0 Å². The number of rotatable bonds is 7. The molecule has 1 heterocycles. The van der Waals surface area contributed by atoms with Crippen molar-refractivity contribution in [1.82, 2.24) is 20.4 Å². The molecule has 0 aliphatic heterocycles. The maximum Gasteiger partial charge on any atom is 0.315 e. The summed E-state index contributed by atoms with van der Waals surface area (Å²) in [6, 6.07) is 9.54. The first-order chi connectivity index (χ1) is 11.1. The van der Waals surface area contributed by atoms with E-state index in [0.717, 1.165) is 11.1 Å². The van der Waals surface area contributed by atoms with Crippen molar-refractivity contribution >= 4 is 6.03 Å². The summed E-state index contributed by atoms with van der Waals surface area (Å²) in [5, 5.41) is 19.0. The summed E-state index contributed by atoms with van der Waals surface area (Å²) in [7, 11) is 0. The Kier molecular flexibility index (Phi) is 6.17. The zero-order chi connectivity index (χ0) is 16.7. The Morgan fingerprint density at radius 3 is 2.65 bits per heavy atom. The third-order valence-electron chi connectivity index (χ3n) is 3.95. The number of aromatic nitrogens is 2. The number of urea groups is 1. The first kappa shape index (κ1) is 17.0. The molecule has 0 saturated heterocycles. The molecule has 0 saturated carbocycles. The maximum absolute atomic E-state index is 12.0. The number of hydrogen-bond donors (Lipinski definition) is 3. The molecule has 2 atom stereocenters. The summed E-state index contributed by atoms with van der Waals surface area (Å²) >= 11 is 0. The van der Waals surface area contributed by atoms with Crippen LogP contribution in [0.3, 0.4) is 0 Å². The van der Waals surface area contributed by atoms with E-state index in [4.69, 9.17) is 5.11 Å². The largest absolute Gasteiger partial charge is 0.396 e. The first-order valence-corrected chi connectivity index (χ1v) is 7.79. The van der Waals surface area contributed by atoms with Crippen molar-refractivity contribution in [1.29, 1.82) is 0 Å². The number of amides is 2. The van der Waals surface area contributed by atoms with Gasteiger partial charge in [0, 0.05) is 31.6 Å². The molecule has 2 rings (SSSR count). The molecule has 6 nitrogen and oxygen atoms in total. The van der Waals surface area contributed by atoms with Gasteiger partial charge in [-0.2, -0.15) is 5.10 Å². The lowest BCUT2D eigenvalue weighted by Gasteiger charge is -2.20. The Hall–Kier alpha value is -2.34. The Morgan fingerprint density at radius 2 is 2.00 bits per heavy atom. The molecule has 0 bridgehead atoms. The van der Waals surface area contributed by atoms with Crippen LogP contribution in [-0.2, 0) is 13.1 Å². The van der Waals surface area contributed by atoms with Gasteiger partial charge in [-0.1, -0.05) is 31.2 Å². The number of carbonyl (C=O) groups is 1. The second-order valence-corrected chi connectivity index (χ2v) is 5.75. The summed E-state index contributed by atoms with van der Waals surface area (Å²) in [6.45, 7) is 4.94. The molecule has 1 aromatic carbocycles. The second-order valence-electron chi connectivity index (χ2n) is 5.75. The van der Waals surface area contributed by atoms with Crippen LogP contribution in [-0.4, -0.2) is 33.6 Å². The molecule has 0 radical (unpaired) electrons. The van der Waals surface area contributed by atoms with Gasteiger partial charge in [0.15, 0.2) is 0 Å². The van der Waals surface area contributed by atoms with Crippen molar-refractivity contribution in [3.05, 3.63) is 53.9 Å². The molecule has 1 aromatic heterocycles. The van der Waals surface area contributed by atoms with Crippen LogP contribution in [0, 0.1) is 5.92 Å². The molecule has 124 valence electrons. The molecular formula is C17H24N4O2. The highest BCUT2D eigenvalue weighted by atomic mass is 16.3. The molecule has 6 heteroatoms. The fraction of sp³-hybridized carbons (Fsp3) is 0.412. The van der Waals surface area contributed by atoms with Crippen molar-refractivity contribution < 1.29 is 9.90 Å². The van der Waals surface area contributed by atoms with Crippen LogP contribution in [0.2, 0.25) is 0 Å². The maximum atomic E-state index is 12.0. The number of carbonyl (C=O) groups excluding carboxylic acids is 1. The average Bonchev–Trinajstić information content (AvgIpc) is 3.06. The summed E-state index contributed by atoms with van der Waals surface area (Å²) in [5.74, 6) is 0.0212. The van der Waals surface area contributed by atoms with E-state index in [2.05, 4.69) is 15.7 Å². The number of nitrogens with one attached hydrogen (secondary N) is 2. The van der Waals surface area contributed by atoms with E-state index in [-0.39, 0.29) is 24.6 Å². The van der Waals surface area contributed by atoms with Gasteiger partial charge in [0.25, 0.3) is 0 Å². The van der Waals surface area contributed by atoms with Crippen LogP contribution in [0.4, 0.5) is 4.79 Å². The first-order valence-electron chi connectivity index (χ1n) is 7.79. The summed E-state index contributed by atoms with van der Waals surface area (Å²) in [6.07, 6.45) is 3.66. The smallest absolute Gasteiger partial charge is 0.315 e. The van der Waals surface area contributed by atoms with Gasteiger partial charge in [-0.05, 0) is 30.0 Å². The van der Waals surface area contributed by atoms with Gasteiger partial charge in [0.1, 0.15) is 0 Å². The molecule has 2 aromatic rings. The molecule has 3 N–H and O–H groups in total. The molecule has 0 aliphatic rings. The van der Waals surface area contributed by atoms with Crippen LogP contribution in [0.1, 0.15) is 25.0 Å². The molecule has 2 amide bonds. The van der Waals surface area contributed by atoms with Crippen LogP contribution in [0.25, 0.3) is 0 Å². The Balaban J connectivity index is 1.91. The zero-order valence-electron chi connectivity index (χ0n) is 13.6. The van der Waals surface area contributed by atoms with Crippen molar-refractivity contribution in [3.63, 3.8) is 0 Å². The fourth-order valence-corrected chi connectivity index (χ4v) is 2.19. The van der Waals surface area contributed by atoms with Gasteiger partial charge >= 0.3 is 6.03 Å². The average molecular weight is 316 g/mol. The molecule has 2 unspecified atom stereocenters. The molecule has 23 heavy (non-hydrogen) atoms. The number of hydrogen-bond acceptors (Lipinski definition) is 3. The van der Waals surface area contributed by atoms with Gasteiger partial charge in [0.2, 0.25) is 0 Å². The van der Waals surface area contributed by atoms with Gasteiger partial charge in [0.05, 0.1) is 6.54 Å². The van der Waals surface area contributed by atoms with Crippen LogP contribution < -0.4 is 10.6 Å². The predicted octanol–water partition coefficient (Wildman–Crippen LogP) is 1.75. The van der Waals surface area contributed by atoms with E-state index < -0.39 is 0 Å². The number of nitrogens with zero attached hydrogens (tertiary/aromatic N) is 2. The minimum Gasteiger partial charge on any atom is -0.396 e. The van der Waals surface area contributed by atoms with Gasteiger partial charge in [-0.25, -0.2) is 4.79 Å². The van der Waals surface area contributed by atoms with Crippen LogP contribution in [0.15, 0.2) is 42.7 Å². The van der Waals surface area contributed by atoms with E-state index in [1.807, 2.05) is 55.1 Å². The van der Waals surface area contributed by atoms with Crippen molar-refractivity contribution in [2.24, 2.45) is 5.92 Å². The molecule has 0 aliphatic carbocycles. The number of aliphatic hydroxyl groups is 1. The minimum absolute atomic E-state index is 0.0212. The lowest BCUT2D eigenvalue weighted by atomic mass is 10.1. The SMILES string of the molecule is CC(CO)C(C)NC(=O)NCc1ccccc1Cn1cccn1. The van der Waals surface area contributed by atoms with E-state index in [1.165, 1.54) is 0 Å². The predicted molar refractivity (Wildman–Crippen MR) is 88.9 cm³/mol. The number of aliphatic hydroxyl groups excluding tert-OH is 1. The highest BCUT2D eigenvalue weighted by Gasteiger charge is 2.13. The summed E-state index contributed by atoms with van der Waals surface area (Å²) in [5.41, 5.74) is 2.18. The van der Waals surface area contributed by atoms with E-state index in [1.54, 1.807) is 6.20 Å². The fourth-order valence-electron chi connectivity index (χ4n) is 2.19. The Morgan fingerprint density at radius 1 is 1.26 bits per heavy atom. The minimum atomic E-state index is -0.230. The topological polar surface area (TPSA) is 79.2 Å². The van der Waals surface area contributed by atoms with Crippen molar-refractivity contribution in [2.75, 3.05) is 6.61 Å². The number of benzene rings is 1. The summed E-state index contributed by atoms with van der Waals surface area (Å²) < 4.78 is 1.85. The quantitative estimate of drug-likeness (QED) is 0.728. The van der Waals surface area contributed by atoms with Crippen LogP contribution in [0.5, 0.6) is 0 Å². The third-order valence-corrected chi connectivity index (χ3v) is 3.95. The third kappa shape index (κ3) is 5.10. The normalized spacial score (nSPS) is 13.3. The summed E-state index contributed by atoms with van der Waals surface area (Å²) in [4.78, 5) is 12.0. The van der Waals surface area contributed by atoms with Gasteiger partial charge in [-0.15, -0.1) is 0 Å². The highest BCUT2D eigenvalue weighted by molar-refractivity contribution is 5.74. The monoisotopic (exact) mass is 316 g/mol. The standard InChI is InChI=1S/C17H24N4O2/c1-13(12-22)14(2)20-17(23)18-10-15-6-3-4-7-16(15)11-21-9-5-8-19-21/h3-9,13-14,22H,10-12H2,1-2H3,(H2,18,20,23). The Bertz CT molecular complexity index is 613. The molecule has 0 spiro atoms. The van der Waals surface area contributed by atoms with Crippen molar-refractivity contribution in [3.8, 4) is 0 Å². The van der Waals surface area contributed by atoms with E-state index in [9.17, 15) is 4.79 Å². The molecular weight excluding hydrogens is 292 g/mol. The Labute approximate surface area is 136 Å². The van der Waals surface area contributed by atoms with Gasteiger partial charge in [-0.3, -0.25) is 4.68 Å². The zero-order valence-corrected chi connectivity index (χ0v) is 13.6. The van der Waals surface area contributed by atoms with E-state index >= 15 is 0 Å². The van der Waals surface area contributed by atoms with Gasteiger partial charge < -0.3 is 15.7 Å².